The maximum absolute atomic E-state index is 12.6. The van der Waals surface area contributed by atoms with E-state index in [9.17, 15) is 28.8 Å². The highest BCUT2D eigenvalue weighted by atomic mass is 16.5. The number of carbonyl (C=O) groups is 6. The average Bonchev–Trinajstić information content (AvgIpc) is 1.70. The van der Waals surface area contributed by atoms with E-state index in [1.54, 1.807) is 18.2 Å². The number of aromatic nitrogens is 6. The fourth-order valence-corrected chi connectivity index (χ4v) is 17.3. The first-order valence-electron chi connectivity index (χ1n) is 50.4. The summed E-state index contributed by atoms with van der Waals surface area (Å²) >= 11 is 0. The molecule has 133 heavy (non-hydrogen) atoms. The largest absolute Gasteiger partial charge is 0.361 e. The minimum atomic E-state index is -0.178. The number of nitrogens with one attached hydrogen (secondary N) is 6. The first-order chi connectivity index (χ1) is 62.6. The Kier molecular flexibility index (Phi) is 55.8. The smallest absolute Gasteiger partial charge is 0.274 e. The maximum Gasteiger partial charge on any atom is 0.274 e. The van der Waals surface area contributed by atoms with Crippen LogP contribution in [-0.4, -0.2) is 247 Å². The number of hydrogen-bond donors (Lipinski definition) is 6. The van der Waals surface area contributed by atoms with Crippen molar-refractivity contribution in [3.8, 4) is 0 Å². The third-order valence-electron chi connectivity index (χ3n) is 28.9. The van der Waals surface area contributed by atoms with Crippen LogP contribution in [0.25, 0.3) is 0 Å². The number of hydrogen-bond acceptors (Lipinski definition) is 24. The molecule has 6 amide bonds. The molecule has 0 aliphatic heterocycles. The molecule has 6 aromatic heterocycles. The molecule has 8 atom stereocenters. The second-order valence-corrected chi connectivity index (χ2v) is 37.9. The van der Waals surface area contributed by atoms with E-state index in [0.29, 0.717) is 34.2 Å². The third-order valence-corrected chi connectivity index (χ3v) is 28.9. The highest BCUT2D eigenvalue weighted by Crippen LogP contribution is 2.32. The van der Waals surface area contributed by atoms with Gasteiger partial charge in [0.05, 0.1) is 0 Å². The van der Waals surface area contributed by atoms with Gasteiger partial charge in [0.15, 0.2) is 34.2 Å². The van der Waals surface area contributed by atoms with E-state index in [1.807, 2.05) is 76.2 Å². The van der Waals surface area contributed by atoms with E-state index in [4.69, 9.17) is 27.1 Å². The summed E-state index contributed by atoms with van der Waals surface area (Å²) in [7, 11) is 12.8. The van der Waals surface area contributed by atoms with Crippen LogP contribution >= 0.6 is 0 Å². The lowest BCUT2D eigenvalue weighted by molar-refractivity contribution is 0.0609. The molecular formula is C103H188N18O12. The first kappa shape index (κ1) is 123. The zero-order chi connectivity index (χ0) is 102. The molecule has 0 saturated carbocycles. The van der Waals surface area contributed by atoms with Crippen LogP contribution in [0.15, 0.2) is 45.3 Å². The Hall–Kier alpha value is -8.16. The van der Waals surface area contributed by atoms with Gasteiger partial charge in [-0.1, -0.05) is 181 Å². The van der Waals surface area contributed by atoms with Crippen LogP contribution in [0.4, 0.5) is 0 Å². The maximum atomic E-state index is 12.6. The van der Waals surface area contributed by atoms with Gasteiger partial charge in [-0.05, 0) is 262 Å². The molecule has 0 fully saturated rings. The normalized spacial score (nSPS) is 14.1. The Morgan fingerprint density at radius 3 is 0.759 bits per heavy atom. The Morgan fingerprint density at radius 1 is 0.293 bits per heavy atom. The summed E-state index contributed by atoms with van der Waals surface area (Å²) in [5.74, 6) is 3.58. The fourth-order valence-electron chi connectivity index (χ4n) is 17.3. The summed E-state index contributed by atoms with van der Waals surface area (Å²) in [5.41, 5.74) is 4.34. The standard InChI is InChI=1S/2C18H33N3O2.3C17H31N3O2.C16H29N3O2/c1-8-11-18(6,21(7)12-9-2)14(5)19-17(22)16-13(4)15(10-3)23-20-16;1-8-12-21(7)18(10-3,11-4)14(6)19-17(22)16-13(5)15(9-2)23-20-16;1-8-10-11-20(7)17(5,6)13(4)18-16(21)15-12(3)14(9-2)22-19-15;1-7-10-17(5,20(6)11-8-2)13(4)18-16(21)15-12-14(9-3)22-19-15;1-7-11-20(6)17(9-3,10-4)13(5)18-16(21)15-12-14(8-2)22-19-15;1-7-9-10-19(6)16(4,5)12(3)17-15(20)14-11-13(8-2)21-18-14/h2*14H,8-12H2,1-7H3,(H,19,22);13H,8-11H2,1-7H3,(H,18,21);2*12-13H,7-11H2,1-6H3,(H,18,21);11-12H,7-10H2,1-6H3,(H,17,20). The number of carbonyl (C=O) groups excluding carboxylic acids is 6. The van der Waals surface area contributed by atoms with Crippen LogP contribution < -0.4 is 31.9 Å². The second kappa shape index (κ2) is 60.4. The van der Waals surface area contributed by atoms with Crippen molar-refractivity contribution in [1.82, 2.24) is 92.2 Å². The van der Waals surface area contributed by atoms with Crippen molar-refractivity contribution in [3.63, 3.8) is 0 Å². The lowest BCUT2D eigenvalue weighted by Gasteiger charge is -2.45. The molecule has 8 unspecified atom stereocenters. The summed E-state index contributed by atoms with van der Waals surface area (Å²) in [6, 6.07) is 5.26. The van der Waals surface area contributed by atoms with Crippen molar-refractivity contribution in [2.75, 3.05) is 81.6 Å². The topological polar surface area (TPSA) is 350 Å². The number of unbranched alkanes of at least 4 members (excludes halogenated alkanes) is 2. The molecule has 0 saturated heterocycles. The van der Waals surface area contributed by atoms with Crippen molar-refractivity contribution in [3.05, 3.63) is 104 Å². The minimum Gasteiger partial charge on any atom is -0.361 e. The van der Waals surface area contributed by atoms with Crippen LogP contribution in [0.1, 0.15) is 425 Å². The molecule has 6 aromatic rings. The molecule has 0 aromatic carbocycles. The summed E-state index contributed by atoms with van der Waals surface area (Å²) in [4.78, 5) is 88.7. The van der Waals surface area contributed by atoms with Crippen LogP contribution in [0.2, 0.25) is 0 Å². The molecule has 0 aliphatic rings. The molecule has 0 bridgehead atoms. The molecular weight excluding hydrogens is 1680 g/mol. The van der Waals surface area contributed by atoms with E-state index < -0.39 is 0 Å². The number of amides is 6. The average molecular weight is 1870 g/mol. The number of nitrogens with zero attached hydrogens (tertiary/aromatic N) is 12. The third kappa shape index (κ3) is 34.8. The molecule has 0 aliphatic carbocycles. The molecule has 0 radical (unpaired) electrons. The quantitative estimate of drug-likeness (QED) is 0.0207. The van der Waals surface area contributed by atoms with Gasteiger partial charge in [-0.15, -0.1) is 0 Å². The van der Waals surface area contributed by atoms with Crippen molar-refractivity contribution < 1.29 is 55.9 Å². The van der Waals surface area contributed by atoms with Crippen molar-refractivity contribution >= 4 is 35.4 Å². The Labute approximate surface area is 803 Å². The van der Waals surface area contributed by atoms with E-state index in [-0.39, 0.29) is 105 Å². The highest BCUT2D eigenvalue weighted by Gasteiger charge is 2.42. The SMILES string of the molecule is CCCCN(C)C(C)(C)C(C)NC(=O)c1cc(CC)on1.CCCCN(C)C(C)(C)C(C)NC(=O)c1noc(CC)c1C.CCCN(C)C(C)(CCC)C(C)NC(=O)c1cc(CC)on1.CCCN(C)C(C)(CCC)C(C)NC(=O)c1noc(CC)c1C.CCCN(C)C(CC)(CC)C(C)NC(=O)c1cc(CC)on1.CCCN(C)C(CC)(CC)C(C)NC(=O)c1noc(CC)c1C. The fraction of sp³-hybridized carbons (Fsp3) is 0.767. The molecule has 762 valence electrons. The van der Waals surface area contributed by atoms with Gasteiger partial charge in [-0.2, -0.15) is 0 Å². The van der Waals surface area contributed by atoms with Gasteiger partial charge in [0.25, 0.3) is 35.4 Å². The zero-order valence-electron chi connectivity index (χ0n) is 90.8. The lowest BCUT2D eigenvalue weighted by Crippen LogP contribution is -2.59. The van der Waals surface area contributed by atoms with Crippen LogP contribution in [0.5, 0.6) is 0 Å². The Morgan fingerprint density at radius 2 is 0.534 bits per heavy atom. The van der Waals surface area contributed by atoms with Gasteiger partial charge in [-0.25, -0.2) is 0 Å². The monoisotopic (exact) mass is 1870 g/mol. The molecule has 30 heteroatoms. The predicted molar refractivity (Wildman–Crippen MR) is 539 cm³/mol. The van der Waals surface area contributed by atoms with Crippen LogP contribution in [0, 0.1) is 20.8 Å². The van der Waals surface area contributed by atoms with Gasteiger partial charge in [0, 0.05) is 143 Å². The number of likely N-dealkylation sites (N-methyl/N-ethyl adjacent to an activating group) is 6. The van der Waals surface area contributed by atoms with E-state index >= 15 is 0 Å². The zero-order valence-corrected chi connectivity index (χ0v) is 90.8. The van der Waals surface area contributed by atoms with Crippen molar-refractivity contribution in [2.24, 2.45) is 0 Å². The molecule has 6 rings (SSSR count). The van der Waals surface area contributed by atoms with Gasteiger partial charge in [-0.3, -0.25) is 58.2 Å². The number of aryl methyl sites for hydroxylation is 6. The second-order valence-electron chi connectivity index (χ2n) is 37.9. The van der Waals surface area contributed by atoms with E-state index in [0.717, 1.165) is 219 Å². The summed E-state index contributed by atoms with van der Waals surface area (Å²) in [6.45, 7) is 75.3. The first-order valence-corrected chi connectivity index (χ1v) is 50.4. The van der Waals surface area contributed by atoms with Crippen molar-refractivity contribution in [2.45, 2.75) is 439 Å². The summed E-state index contributed by atoms with van der Waals surface area (Å²) in [6.07, 6.45) is 21.6. The summed E-state index contributed by atoms with van der Waals surface area (Å²) in [5, 5.41) is 41.9. The minimum absolute atomic E-state index is 0.00281. The van der Waals surface area contributed by atoms with Gasteiger partial charge in [0.2, 0.25) is 0 Å². The van der Waals surface area contributed by atoms with Crippen LogP contribution in [-0.2, 0) is 38.5 Å². The Balaban J connectivity index is 0.000000798. The van der Waals surface area contributed by atoms with Crippen LogP contribution in [0.3, 0.4) is 0 Å². The van der Waals surface area contributed by atoms with Crippen molar-refractivity contribution in [1.29, 1.82) is 0 Å². The Bertz CT molecular complexity index is 4280. The molecule has 0 spiro atoms. The van der Waals surface area contributed by atoms with E-state index in [1.165, 1.54) is 12.8 Å². The molecule has 30 nitrogen and oxygen atoms in total. The summed E-state index contributed by atoms with van der Waals surface area (Å²) < 4.78 is 31.0. The number of rotatable bonds is 52. The van der Waals surface area contributed by atoms with Gasteiger partial charge >= 0.3 is 0 Å². The van der Waals surface area contributed by atoms with Gasteiger partial charge in [0.1, 0.15) is 34.6 Å². The highest BCUT2D eigenvalue weighted by molar-refractivity contribution is 5.96. The molecule has 6 heterocycles. The van der Waals surface area contributed by atoms with Gasteiger partial charge < -0.3 is 59.0 Å². The predicted octanol–water partition coefficient (Wildman–Crippen LogP) is 19.7. The molecule has 6 N–H and O–H groups in total. The van der Waals surface area contributed by atoms with E-state index in [2.05, 4.69) is 287 Å². The lowest BCUT2D eigenvalue weighted by atomic mass is 9.83.